The average Bonchev–Trinajstić information content (AvgIpc) is 2.59. The predicted octanol–water partition coefficient (Wildman–Crippen LogP) is 2.69. The Balaban J connectivity index is 1.86. The van der Waals surface area contributed by atoms with E-state index in [1.165, 1.54) is 0 Å². The summed E-state index contributed by atoms with van der Waals surface area (Å²) in [6.45, 7) is 2.47. The van der Waals surface area contributed by atoms with Gasteiger partial charge >= 0.3 is 0 Å². The molecule has 0 saturated carbocycles. The molecule has 0 radical (unpaired) electrons. The maximum Gasteiger partial charge on any atom is 0.227 e. The number of hydrogen-bond donors (Lipinski definition) is 3. The van der Waals surface area contributed by atoms with Gasteiger partial charge in [-0.1, -0.05) is 24.3 Å². The average molecular weight is 341 g/mol. The van der Waals surface area contributed by atoms with Crippen molar-refractivity contribution in [2.24, 2.45) is 5.73 Å². The van der Waals surface area contributed by atoms with Crippen LogP contribution >= 0.6 is 0 Å². The number of para-hydroxylation sites is 1. The normalized spacial score (nSPS) is 10.2. The molecule has 0 heterocycles. The zero-order chi connectivity index (χ0) is 18.1. The number of ether oxygens (including phenoxy) is 1. The molecule has 0 saturated heterocycles. The highest BCUT2D eigenvalue weighted by Crippen LogP contribution is 2.20. The lowest BCUT2D eigenvalue weighted by atomic mass is 10.1. The van der Waals surface area contributed by atoms with Crippen molar-refractivity contribution >= 4 is 23.2 Å². The zero-order valence-corrected chi connectivity index (χ0v) is 14.2. The van der Waals surface area contributed by atoms with E-state index in [2.05, 4.69) is 10.6 Å². The lowest BCUT2D eigenvalue weighted by Gasteiger charge is -2.12. The number of carbonyl (C=O) groups excluding carboxylic acids is 2. The van der Waals surface area contributed by atoms with Gasteiger partial charge in [0.05, 0.1) is 13.0 Å². The molecule has 0 spiro atoms. The first-order valence-electron chi connectivity index (χ1n) is 8.17. The molecule has 6 heteroatoms. The van der Waals surface area contributed by atoms with Gasteiger partial charge in [-0.3, -0.25) is 9.59 Å². The van der Waals surface area contributed by atoms with Crippen molar-refractivity contribution < 1.29 is 14.3 Å². The Hall–Kier alpha value is -2.86. The fourth-order valence-corrected chi connectivity index (χ4v) is 2.18. The van der Waals surface area contributed by atoms with Crippen LogP contribution in [-0.2, 0) is 9.59 Å². The zero-order valence-electron chi connectivity index (χ0n) is 14.2. The molecule has 0 aliphatic rings. The molecule has 2 aromatic rings. The fraction of sp³-hybridized carbons (Fsp3) is 0.263. The van der Waals surface area contributed by atoms with Gasteiger partial charge in [0, 0.05) is 24.3 Å². The first kappa shape index (κ1) is 18.5. The van der Waals surface area contributed by atoms with Crippen molar-refractivity contribution in [2.45, 2.75) is 19.8 Å². The third kappa shape index (κ3) is 6.27. The number of nitrogens with two attached hydrogens (primary N) is 1. The summed E-state index contributed by atoms with van der Waals surface area (Å²) < 4.78 is 5.51. The molecule has 0 aliphatic heterocycles. The maximum absolute atomic E-state index is 12.0. The Morgan fingerprint density at radius 2 is 1.72 bits per heavy atom. The third-order valence-corrected chi connectivity index (χ3v) is 3.51. The van der Waals surface area contributed by atoms with Crippen LogP contribution in [0.4, 0.5) is 11.4 Å². The molecular weight excluding hydrogens is 318 g/mol. The van der Waals surface area contributed by atoms with Gasteiger partial charge in [0.2, 0.25) is 11.8 Å². The lowest BCUT2D eigenvalue weighted by Crippen LogP contribution is -2.18. The number of nitrogens with one attached hydrogen (secondary N) is 2. The summed E-state index contributed by atoms with van der Waals surface area (Å²) in [7, 11) is 0. The molecule has 0 unspecified atom stereocenters. The first-order chi connectivity index (χ1) is 12.1. The number of rotatable bonds is 8. The predicted molar refractivity (Wildman–Crippen MR) is 98.7 cm³/mol. The Morgan fingerprint density at radius 3 is 2.44 bits per heavy atom. The Kier molecular flexibility index (Phi) is 6.98. The van der Waals surface area contributed by atoms with E-state index in [-0.39, 0.29) is 24.7 Å². The highest BCUT2D eigenvalue weighted by atomic mass is 16.5. The quantitative estimate of drug-likeness (QED) is 0.688. The molecule has 2 aromatic carbocycles. The van der Waals surface area contributed by atoms with Gasteiger partial charge in [0.15, 0.2) is 0 Å². The molecule has 4 N–H and O–H groups in total. The second kappa shape index (κ2) is 9.44. The lowest BCUT2D eigenvalue weighted by molar-refractivity contribution is -0.117. The van der Waals surface area contributed by atoms with Crippen LogP contribution in [0, 0.1) is 6.92 Å². The summed E-state index contributed by atoms with van der Waals surface area (Å²) in [5, 5.41) is 5.60. The molecule has 0 atom stereocenters. The van der Waals surface area contributed by atoms with Crippen LogP contribution < -0.4 is 21.1 Å². The minimum Gasteiger partial charge on any atom is -0.493 e. The summed E-state index contributed by atoms with van der Waals surface area (Å²) in [4.78, 5) is 23.7. The maximum atomic E-state index is 12.0. The van der Waals surface area contributed by atoms with Crippen LogP contribution in [0.5, 0.6) is 5.75 Å². The third-order valence-electron chi connectivity index (χ3n) is 3.51. The fourth-order valence-electron chi connectivity index (χ4n) is 2.18. The Bertz CT molecular complexity index is 717. The van der Waals surface area contributed by atoms with Crippen molar-refractivity contribution in [3.63, 3.8) is 0 Å². The van der Waals surface area contributed by atoms with E-state index in [4.69, 9.17) is 10.5 Å². The van der Waals surface area contributed by atoms with Crippen molar-refractivity contribution in [1.29, 1.82) is 0 Å². The minimum atomic E-state index is -0.154. The van der Waals surface area contributed by atoms with Gasteiger partial charge in [0.25, 0.3) is 0 Å². The molecular formula is C19H23N3O3. The Morgan fingerprint density at radius 1 is 1.00 bits per heavy atom. The summed E-state index contributed by atoms with van der Waals surface area (Å²) >= 11 is 0. The summed E-state index contributed by atoms with van der Waals surface area (Å²) in [5.74, 6) is 0.430. The van der Waals surface area contributed by atoms with Crippen LogP contribution in [0.3, 0.4) is 0 Å². The number of aryl methyl sites for hydroxylation is 1. The van der Waals surface area contributed by atoms with Crippen molar-refractivity contribution in [3.8, 4) is 5.75 Å². The van der Waals surface area contributed by atoms with E-state index in [0.29, 0.717) is 24.5 Å². The molecule has 0 aromatic heterocycles. The van der Waals surface area contributed by atoms with Gasteiger partial charge in [-0.15, -0.1) is 0 Å². The monoisotopic (exact) mass is 341 g/mol. The molecule has 2 amide bonds. The minimum absolute atomic E-state index is 0.148. The van der Waals surface area contributed by atoms with Crippen LogP contribution in [0.25, 0.3) is 0 Å². The van der Waals surface area contributed by atoms with Crippen molar-refractivity contribution in [1.82, 2.24) is 0 Å². The highest BCUT2D eigenvalue weighted by molar-refractivity contribution is 5.94. The highest BCUT2D eigenvalue weighted by Gasteiger charge is 2.08. The largest absolute Gasteiger partial charge is 0.493 e. The summed E-state index contributed by atoms with van der Waals surface area (Å²) in [6, 6.07) is 14.7. The van der Waals surface area contributed by atoms with Crippen molar-refractivity contribution in [2.75, 3.05) is 23.8 Å². The van der Waals surface area contributed by atoms with E-state index in [9.17, 15) is 9.59 Å². The van der Waals surface area contributed by atoms with Gasteiger partial charge in [-0.05, 0) is 36.8 Å². The van der Waals surface area contributed by atoms with Crippen LogP contribution in [0.1, 0.15) is 18.4 Å². The molecule has 2 rings (SSSR count). The SMILES string of the molecule is Cc1ccc(NC(=O)CCOc2ccccc2)cc1NC(=O)CCN. The molecule has 6 nitrogen and oxygen atoms in total. The van der Waals surface area contributed by atoms with Crippen LogP contribution in [0.2, 0.25) is 0 Å². The molecule has 0 bridgehead atoms. The topological polar surface area (TPSA) is 93.5 Å². The van der Waals surface area contributed by atoms with E-state index < -0.39 is 0 Å². The molecule has 132 valence electrons. The summed E-state index contributed by atoms with van der Waals surface area (Å²) in [5.41, 5.74) is 7.58. The smallest absolute Gasteiger partial charge is 0.227 e. The van der Waals surface area contributed by atoms with Gasteiger partial charge < -0.3 is 21.1 Å². The number of carbonyl (C=O) groups is 2. The van der Waals surface area contributed by atoms with Gasteiger partial charge in [0.1, 0.15) is 5.75 Å². The summed E-state index contributed by atoms with van der Waals surface area (Å²) in [6.07, 6.45) is 0.491. The van der Waals surface area contributed by atoms with E-state index in [1.807, 2.05) is 43.3 Å². The van der Waals surface area contributed by atoms with Crippen LogP contribution in [0.15, 0.2) is 48.5 Å². The molecule has 25 heavy (non-hydrogen) atoms. The Labute approximate surface area is 147 Å². The van der Waals surface area contributed by atoms with E-state index in [0.717, 1.165) is 11.3 Å². The molecule has 0 aliphatic carbocycles. The second-order valence-electron chi connectivity index (χ2n) is 5.58. The number of hydrogen-bond acceptors (Lipinski definition) is 4. The number of amides is 2. The first-order valence-corrected chi connectivity index (χ1v) is 8.17. The molecule has 0 fully saturated rings. The van der Waals surface area contributed by atoms with E-state index in [1.54, 1.807) is 12.1 Å². The van der Waals surface area contributed by atoms with Crippen molar-refractivity contribution in [3.05, 3.63) is 54.1 Å². The standard InChI is InChI=1S/C19H23N3O3/c1-14-7-8-15(13-17(14)22-18(23)9-11-20)21-19(24)10-12-25-16-5-3-2-4-6-16/h2-8,13H,9-12,20H2,1H3,(H,21,24)(H,22,23). The van der Waals surface area contributed by atoms with Gasteiger partial charge in [-0.2, -0.15) is 0 Å². The van der Waals surface area contributed by atoms with Crippen LogP contribution in [-0.4, -0.2) is 25.0 Å². The number of anilines is 2. The van der Waals surface area contributed by atoms with E-state index >= 15 is 0 Å². The van der Waals surface area contributed by atoms with Gasteiger partial charge in [-0.25, -0.2) is 0 Å². The second-order valence-corrected chi connectivity index (χ2v) is 5.58. The number of benzene rings is 2.